The number of halogens is 3. The molecular weight excluding hydrogens is 351 g/mol. The number of amides is 2. The highest BCUT2D eigenvalue weighted by atomic mass is 32.1. The van der Waals surface area contributed by atoms with Crippen LogP contribution in [-0.2, 0) is 6.18 Å². The quantitative estimate of drug-likeness (QED) is 0.648. The number of nitrogens with one attached hydrogen (secondary N) is 2. The number of rotatable bonds is 3. The molecule has 128 valence electrons. The first-order valence-corrected chi connectivity index (χ1v) is 8.06. The Bertz CT molecular complexity index is 878. The van der Waals surface area contributed by atoms with Crippen molar-refractivity contribution < 1.29 is 18.0 Å². The number of thiazole rings is 1. The van der Waals surface area contributed by atoms with Crippen molar-refractivity contribution in [3.05, 3.63) is 65.5 Å². The lowest BCUT2D eigenvalue weighted by Crippen LogP contribution is -2.19. The summed E-state index contributed by atoms with van der Waals surface area (Å²) in [6.45, 7) is 0. The fourth-order valence-electron chi connectivity index (χ4n) is 2.11. The number of urea groups is 1. The average Bonchev–Trinajstić information content (AvgIpc) is 3.03. The molecule has 0 spiro atoms. The molecule has 2 N–H and O–H groups in total. The Morgan fingerprint density at radius 2 is 1.76 bits per heavy atom. The van der Waals surface area contributed by atoms with Gasteiger partial charge in [-0.05, 0) is 18.2 Å². The van der Waals surface area contributed by atoms with Crippen LogP contribution in [0, 0.1) is 0 Å². The van der Waals surface area contributed by atoms with Crippen molar-refractivity contribution in [1.29, 1.82) is 0 Å². The summed E-state index contributed by atoms with van der Waals surface area (Å²) in [5.41, 5.74) is 0.836. The lowest BCUT2D eigenvalue weighted by molar-refractivity contribution is -0.137. The highest BCUT2D eigenvalue weighted by molar-refractivity contribution is 7.14. The first-order chi connectivity index (χ1) is 11.9. The molecule has 1 aromatic heterocycles. The van der Waals surface area contributed by atoms with Crippen molar-refractivity contribution in [2.45, 2.75) is 6.18 Å². The number of anilines is 2. The fourth-order valence-corrected chi connectivity index (χ4v) is 2.82. The topological polar surface area (TPSA) is 54.0 Å². The second-order valence-corrected chi connectivity index (χ2v) is 5.92. The molecule has 2 amide bonds. The third-order valence-corrected chi connectivity index (χ3v) is 4.00. The second-order valence-electron chi connectivity index (χ2n) is 5.06. The van der Waals surface area contributed by atoms with Crippen LogP contribution in [0.3, 0.4) is 0 Å². The summed E-state index contributed by atoms with van der Waals surface area (Å²) in [6, 6.07) is 13.2. The van der Waals surface area contributed by atoms with Gasteiger partial charge in [-0.25, -0.2) is 9.78 Å². The van der Waals surface area contributed by atoms with Crippen LogP contribution in [-0.4, -0.2) is 11.0 Å². The Hall–Kier alpha value is -2.87. The fraction of sp³-hybridized carbons (Fsp3) is 0.0588. The number of alkyl halides is 3. The van der Waals surface area contributed by atoms with Crippen LogP contribution >= 0.6 is 11.3 Å². The van der Waals surface area contributed by atoms with Gasteiger partial charge in [-0.15, -0.1) is 11.3 Å². The molecule has 0 unspecified atom stereocenters. The van der Waals surface area contributed by atoms with Crippen LogP contribution in [0.5, 0.6) is 0 Å². The third-order valence-electron chi connectivity index (χ3n) is 3.24. The summed E-state index contributed by atoms with van der Waals surface area (Å²) in [4.78, 5) is 16.2. The van der Waals surface area contributed by atoms with Gasteiger partial charge in [0.1, 0.15) is 0 Å². The van der Waals surface area contributed by atoms with Crippen molar-refractivity contribution in [3.63, 3.8) is 0 Å². The van der Waals surface area contributed by atoms with E-state index in [1.807, 2.05) is 30.3 Å². The van der Waals surface area contributed by atoms with Crippen molar-refractivity contribution in [1.82, 2.24) is 4.98 Å². The number of benzene rings is 2. The van der Waals surface area contributed by atoms with E-state index in [2.05, 4.69) is 15.6 Å². The van der Waals surface area contributed by atoms with E-state index in [-0.39, 0.29) is 5.69 Å². The minimum Gasteiger partial charge on any atom is -0.308 e. The molecule has 0 aliphatic carbocycles. The molecule has 8 heteroatoms. The number of nitrogens with zero attached hydrogens (tertiary/aromatic N) is 1. The van der Waals surface area contributed by atoms with E-state index in [0.717, 1.165) is 17.7 Å². The molecule has 3 rings (SSSR count). The average molecular weight is 363 g/mol. The molecule has 3 aromatic rings. The van der Waals surface area contributed by atoms with Gasteiger partial charge in [0, 0.05) is 16.6 Å². The van der Waals surface area contributed by atoms with Crippen molar-refractivity contribution in [2.24, 2.45) is 0 Å². The van der Waals surface area contributed by atoms with Crippen LogP contribution in [0.1, 0.15) is 5.56 Å². The summed E-state index contributed by atoms with van der Waals surface area (Å²) >= 11 is 1.23. The van der Waals surface area contributed by atoms with Crippen LogP contribution in [0.4, 0.5) is 28.8 Å². The molecule has 0 radical (unpaired) electrons. The number of hydrogen-bond acceptors (Lipinski definition) is 3. The van der Waals surface area contributed by atoms with Gasteiger partial charge >= 0.3 is 12.2 Å². The highest BCUT2D eigenvalue weighted by Gasteiger charge is 2.30. The first-order valence-electron chi connectivity index (χ1n) is 7.18. The van der Waals surface area contributed by atoms with E-state index in [1.165, 1.54) is 23.5 Å². The van der Waals surface area contributed by atoms with E-state index in [0.29, 0.717) is 10.8 Å². The van der Waals surface area contributed by atoms with Crippen molar-refractivity contribution in [3.8, 4) is 11.3 Å². The van der Waals surface area contributed by atoms with Gasteiger partial charge in [-0.1, -0.05) is 36.4 Å². The number of aromatic nitrogens is 1. The molecule has 0 atom stereocenters. The van der Waals surface area contributed by atoms with Crippen molar-refractivity contribution in [2.75, 3.05) is 10.6 Å². The smallest absolute Gasteiger partial charge is 0.308 e. The summed E-state index contributed by atoms with van der Waals surface area (Å²) in [5.74, 6) is 0. The first kappa shape index (κ1) is 17.0. The lowest BCUT2D eigenvalue weighted by atomic mass is 10.2. The molecule has 0 aliphatic rings. The molecule has 4 nitrogen and oxygen atoms in total. The predicted molar refractivity (Wildman–Crippen MR) is 91.6 cm³/mol. The third kappa shape index (κ3) is 4.36. The summed E-state index contributed by atoms with van der Waals surface area (Å²) in [7, 11) is 0. The van der Waals surface area contributed by atoms with Crippen LogP contribution in [0.25, 0.3) is 11.3 Å². The largest absolute Gasteiger partial charge is 0.416 e. The van der Waals surface area contributed by atoms with Gasteiger partial charge < -0.3 is 5.32 Å². The summed E-state index contributed by atoms with van der Waals surface area (Å²) in [5, 5.41) is 7.02. The molecule has 0 fully saturated rings. The van der Waals surface area contributed by atoms with E-state index in [1.54, 1.807) is 5.38 Å². The van der Waals surface area contributed by atoms with Gasteiger partial charge in [0.2, 0.25) is 0 Å². The van der Waals surface area contributed by atoms with Gasteiger partial charge in [-0.3, -0.25) is 5.32 Å². The van der Waals surface area contributed by atoms with E-state index in [9.17, 15) is 18.0 Å². The maximum Gasteiger partial charge on any atom is 0.416 e. The monoisotopic (exact) mass is 363 g/mol. The minimum atomic E-state index is -4.46. The Labute approximate surface area is 145 Å². The standard InChI is InChI=1S/C17H12F3N3OS/c18-17(19,20)12-7-4-8-13(9-12)21-15(24)23-16-22-14(10-25-16)11-5-2-1-3-6-11/h1-10H,(H2,21,22,23,24). The van der Waals surface area contributed by atoms with E-state index >= 15 is 0 Å². The molecule has 2 aromatic carbocycles. The zero-order valence-corrected chi connectivity index (χ0v) is 13.5. The maximum absolute atomic E-state index is 12.7. The Morgan fingerprint density at radius 1 is 1.00 bits per heavy atom. The van der Waals surface area contributed by atoms with Gasteiger partial charge in [-0.2, -0.15) is 13.2 Å². The number of carbonyl (C=O) groups is 1. The minimum absolute atomic E-state index is 0.0483. The molecule has 25 heavy (non-hydrogen) atoms. The van der Waals surface area contributed by atoms with Crippen LogP contribution in [0.15, 0.2) is 60.0 Å². The van der Waals surface area contributed by atoms with Crippen molar-refractivity contribution >= 4 is 28.2 Å². The number of carbonyl (C=O) groups excluding carboxylic acids is 1. The Kier molecular flexibility index (Phi) is 4.71. The second kappa shape index (κ2) is 6.94. The normalized spacial score (nSPS) is 11.2. The highest BCUT2D eigenvalue weighted by Crippen LogP contribution is 2.30. The van der Waals surface area contributed by atoms with Gasteiger partial charge in [0.25, 0.3) is 0 Å². The zero-order valence-electron chi connectivity index (χ0n) is 12.7. The van der Waals surface area contributed by atoms with Crippen LogP contribution < -0.4 is 10.6 Å². The molecule has 0 aliphatic heterocycles. The summed E-state index contributed by atoms with van der Waals surface area (Å²) in [6.07, 6.45) is -4.46. The molecule has 0 saturated heterocycles. The van der Waals surface area contributed by atoms with Gasteiger partial charge in [0.05, 0.1) is 11.3 Å². The van der Waals surface area contributed by atoms with E-state index < -0.39 is 17.8 Å². The molecule has 0 bridgehead atoms. The van der Waals surface area contributed by atoms with E-state index in [4.69, 9.17) is 0 Å². The summed E-state index contributed by atoms with van der Waals surface area (Å²) < 4.78 is 38.0. The van der Waals surface area contributed by atoms with Gasteiger partial charge in [0.15, 0.2) is 5.13 Å². The molecule has 0 saturated carbocycles. The lowest BCUT2D eigenvalue weighted by Gasteiger charge is -2.09. The predicted octanol–water partition coefficient (Wildman–Crippen LogP) is 5.47. The maximum atomic E-state index is 12.7. The Morgan fingerprint density at radius 3 is 2.48 bits per heavy atom. The zero-order chi connectivity index (χ0) is 17.9. The number of hydrogen-bond donors (Lipinski definition) is 2. The molecule has 1 heterocycles. The SMILES string of the molecule is O=C(Nc1cccc(C(F)(F)F)c1)Nc1nc(-c2ccccc2)cs1. The Balaban J connectivity index is 1.67. The molecular formula is C17H12F3N3OS. The van der Waals surface area contributed by atoms with Crippen LogP contribution in [0.2, 0.25) is 0 Å².